The maximum Gasteiger partial charge on any atom is 0.0744 e. The van der Waals surface area contributed by atoms with Crippen molar-refractivity contribution in [1.82, 2.24) is 5.32 Å². The Morgan fingerprint density at radius 1 is 1.31 bits per heavy atom. The van der Waals surface area contributed by atoms with E-state index in [9.17, 15) is 0 Å². The highest BCUT2D eigenvalue weighted by Gasteiger charge is 2.28. The van der Waals surface area contributed by atoms with Crippen LogP contribution in [0.5, 0.6) is 0 Å². The SMILES string of the molecule is CC1CCC(C(CN)NCCCC2CC2)O1. The first-order valence-corrected chi connectivity index (χ1v) is 6.88. The molecule has 1 heterocycles. The van der Waals surface area contributed by atoms with Gasteiger partial charge in [0.15, 0.2) is 0 Å². The molecule has 3 atom stereocenters. The molecule has 1 aliphatic carbocycles. The maximum atomic E-state index is 5.86. The molecule has 0 aromatic rings. The van der Waals surface area contributed by atoms with Gasteiger partial charge in [-0.15, -0.1) is 0 Å². The predicted octanol–water partition coefficient (Wildman–Crippen LogP) is 1.66. The molecule has 1 saturated carbocycles. The highest BCUT2D eigenvalue weighted by atomic mass is 16.5. The second-order valence-electron chi connectivity index (χ2n) is 5.44. The van der Waals surface area contributed by atoms with Crippen LogP contribution < -0.4 is 11.1 Å². The fraction of sp³-hybridized carbons (Fsp3) is 1.00. The summed E-state index contributed by atoms with van der Waals surface area (Å²) >= 11 is 0. The van der Waals surface area contributed by atoms with Crippen LogP contribution in [0.15, 0.2) is 0 Å². The standard InChI is InChI=1S/C13H26N2O/c1-10-4-7-13(16-10)12(9-14)15-8-2-3-11-5-6-11/h10-13,15H,2-9,14H2,1H3. The monoisotopic (exact) mass is 226 g/mol. The van der Waals surface area contributed by atoms with Gasteiger partial charge in [0.25, 0.3) is 0 Å². The smallest absolute Gasteiger partial charge is 0.0744 e. The number of nitrogens with two attached hydrogens (primary N) is 1. The van der Waals surface area contributed by atoms with Crippen molar-refractivity contribution >= 4 is 0 Å². The molecule has 0 amide bonds. The summed E-state index contributed by atoms with van der Waals surface area (Å²) < 4.78 is 5.86. The van der Waals surface area contributed by atoms with Crippen LogP contribution >= 0.6 is 0 Å². The second-order valence-corrected chi connectivity index (χ2v) is 5.44. The number of rotatable bonds is 7. The van der Waals surface area contributed by atoms with Crippen molar-refractivity contribution in [3.63, 3.8) is 0 Å². The largest absolute Gasteiger partial charge is 0.374 e. The third kappa shape index (κ3) is 3.72. The predicted molar refractivity (Wildman–Crippen MR) is 66.4 cm³/mol. The molecule has 0 radical (unpaired) electrons. The molecule has 3 N–H and O–H groups in total. The van der Waals surface area contributed by atoms with Gasteiger partial charge in [0.1, 0.15) is 0 Å². The van der Waals surface area contributed by atoms with E-state index >= 15 is 0 Å². The van der Waals surface area contributed by atoms with Crippen molar-refractivity contribution in [3.8, 4) is 0 Å². The lowest BCUT2D eigenvalue weighted by Gasteiger charge is -2.23. The van der Waals surface area contributed by atoms with Gasteiger partial charge in [-0.2, -0.15) is 0 Å². The third-order valence-electron chi connectivity index (χ3n) is 3.86. The molecule has 3 heteroatoms. The van der Waals surface area contributed by atoms with Crippen LogP contribution in [0.1, 0.15) is 45.4 Å². The van der Waals surface area contributed by atoms with Gasteiger partial charge in [-0.3, -0.25) is 0 Å². The van der Waals surface area contributed by atoms with Gasteiger partial charge in [-0.25, -0.2) is 0 Å². The first-order chi connectivity index (χ1) is 7.79. The van der Waals surface area contributed by atoms with Gasteiger partial charge in [-0.05, 0) is 45.1 Å². The molecule has 1 saturated heterocycles. The van der Waals surface area contributed by atoms with Crippen molar-refractivity contribution in [3.05, 3.63) is 0 Å². The summed E-state index contributed by atoms with van der Waals surface area (Å²) in [5.41, 5.74) is 5.81. The van der Waals surface area contributed by atoms with Crippen LogP contribution in [0.4, 0.5) is 0 Å². The van der Waals surface area contributed by atoms with Crippen molar-refractivity contribution in [2.75, 3.05) is 13.1 Å². The molecule has 3 nitrogen and oxygen atoms in total. The zero-order valence-electron chi connectivity index (χ0n) is 10.5. The first-order valence-electron chi connectivity index (χ1n) is 6.88. The molecule has 16 heavy (non-hydrogen) atoms. The molecule has 0 aromatic carbocycles. The minimum absolute atomic E-state index is 0.348. The molecule has 0 bridgehead atoms. The molecule has 94 valence electrons. The summed E-state index contributed by atoms with van der Waals surface area (Å²) in [7, 11) is 0. The average Bonchev–Trinajstić information content (AvgIpc) is 3.01. The number of hydrogen-bond donors (Lipinski definition) is 2. The number of hydrogen-bond acceptors (Lipinski definition) is 3. The Balaban J connectivity index is 1.60. The van der Waals surface area contributed by atoms with E-state index in [4.69, 9.17) is 10.5 Å². The van der Waals surface area contributed by atoms with Gasteiger partial charge in [0, 0.05) is 12.6 Å². The second kappa shape index (κ2) is 5.99. The van der Waals surface area contributed by atoms with E-state index in [0.29, 0.717) is 24.8 Å². The van der Waals surface area contributed by atoms with Crippen LogP contribution in [-0.2, 0) is 4.74 Å². The van der Waals surface area contributed by atoms with E-state index in [1.807, 2.05) is 0 Å². The lowest BCUT2D eigenvalue weighted by Crippen LogP contribution is -2.45. The lowest BCUT2D eigenvalue weighted by atomic mass is 10.1. The summed E-state index contributed by atoms with van der Waals surface area (Å²) in [6.07, 6.45) is 8.74. The molecule has 2 aliphatic rings. The van der Waals surface area contributed by atoms with E-state index in [-0.39, 0.29) is 0 Å². The van der Waals surface area contributed by atoms with Crippen LogP contribution in [-0.4, -0.2) is 31.3 Å². The van der Waals surface area contributed by atoms with Gasteiger partial charge in [0.2, 0.25) is 0 Å². The Kier molecular flexibility index (Phi) is 4.62. The first kappa shape index (κ1) is 12.3. The Labute approximate surface area is 99.1 Å². The Hall–Kier alpha value is -0.120. The van der Waals surface area contributed by atoms with Crippen LogP contribution in [0, 0.1) is 5.92 Å². The fourth-order valence-corrected chi connectivity index (χ4v) is 2.58. The summed E-state index contributed by atoms with van der Waals surface area (Å²) in [5, 5.41) is 3.57. The van der Waals surface area contributed by atoms with E-state index in [2.05, 4.69) is 12.2 Å². The fourth-order valence-electron chi connectivity index (χ4n) is 2.58. The Bertz CT molecular complexity index is 206. The summed E-state index contributed by atoms with van der Waals surface area (Å²) in [6, 6.07) is 0.365. The van der Waals surface area contributed by atoms with Gasteiger partial charge in [-0.1, -0.05) is 12.8 Å². The molecular weight excluding hydrogens is 200 g/mol. The van der Waals surface area contributed by atoms with E-state index < -0.39 is 0 Å². The van der Waals surface area contributed by atoms with Crippen LogP contribution in [0.25, 0.3) is 0 Å². The minimum atomic E-state index is 0.348. The molecule has 0 aromatic heterocycles. The highest BCUT2D eigenvalue weighted by Crippen LogP contribution is 2.33. The van der Waals surface area contributed by atoms with Crippen LogP contribution in [0.3, 0.4) is 0 Å². The van der Waals surface area contributed by atoms with E-state index in [0.717, 1.165) is 12.5 Å². The van der Waals surface area contributed by atoms with Crippen molar-refractivity contribution < 1.29 is 4.74 Å². The molecule has 0 spiro atoms. The Morgan fingerprint density at radius 3 is 2.69 bits per heavy atom. The van der Waals surface area contributed by atoms with Crippen molar-refractivity contribution in [2.24, 2.45) is 11.7 Å². The minimum Gasteiger partial charge on any atom is -0.374 e. The van der Waals surface area contributed by atoms with Crippen molar-refractivity contribution in [1.29, 1.82) is 0 Å². The van der Waals surface area contributed by atoms with Crippen molar-refractivity contribution in [2.45, 2.75) is 63.7 Å². The van der Waals surface area contributed by atoms with Gasteiger partial charge < -0.3 is 15.8 Å². The normalized spacial score (nSPS) is 31.9. The molecular formula is C13H26N2O. The van der Waals surface area contributed by atoms with Gasteiger partial charge >= 0.3 is 0 Å². The molecule has 2 fully saturated rings. The zero-order chi connectivity index (χ0) is 11.4. The van der Waals surface area contributed by atoms with E-state index in [1.54, 1.807) is 0 Å². The Morgan fingerprint density at radius 2 is 2.12 bits per heavy atom. The van der Waals surface area contributed by atoms with Gasteiger partial charge in [0.05, 0.1) is 12.2 Å². The summed E-state index contributed by atoms with van der Waals surface area (Å²) in [6.45, 7) is 3.95. The topological polar surface area (TPSA) is 47.3 Å². The average molecular weight is 226 g/mol. The summed E-state index contributed by atoms with van der Waals surface area (Å²) in [4.78, 5) is 0. The lowest BCUT2D eigenvalue weighted by molar-refractivity contribution is 0.0338. The van der Waals surface area contributed by atoms with E-state index in [1.165, 1.54) is 38.5 Å². The zero-order valence-corrected chi connectivity index (χ0v) is 10.5. The quantitative estimate of drug-likeness (QED) is 0.649. The third-order valence-corrected chi connectivity index (χ3v) is 3.86. The number of ether oxygens (including phenoxy) is 1. The highest BCUT2D eigenvalue weighted by molar-refractivity contribution is 4.83. The summed E-state index contributed by atoms with van der Waals surface area (Å²) in [5.74, 6) is 1.04. The molecule has 3 unspecified atom stereocenters. The maximum absolute atomic E-state index is 5.86. The molecule has 2 rings (SSSR count). The number of nitrogens with one attached hydrogen (secondary N) is 1. The van der Waals surface area contributed by atoms with Crippen LogP contribution in [0.2, 0.25) is 0 Å². The molecule has 1 aliphatic heterocycles.